The average molecular weight is 2000 g/mol. The Kier molecular flexibility index (Phi) is 30.3. The third kappa shape index (κ3) is 22.2. The molecule has 8 aromatic carbocycles. The quantitative estimate of drug-likeness (QED) is 0.0355. The van der Waals surface area contributed by atoms with Crippen molar-refractivity contribution in [3.05, 3.63) is 384 Å². The van der Waals surface area contributed by atoms with Crippen molar-refractivity contribution < 1.29 is 0 Å². The molecule has 0 amide bonds. The number of aromatic nitrogens is 18. The maximum Gasteiger partial charge on any atom is 0.332 e. The number of likely N-dealkylation sites (tertiary alicyclic amines) is 2. The standard InChI is InChI=1S/C30H37N5O2.C29H29N7O2.C29H36N6O2.C28H27N7O2/c1-30(2,3)20-34-27-25(28(36)33(4)29(34)37)26(31-24-13-9-6-10-14-24)35(32-27)19-21-15-17-23(18-16-21)22-11-7-5-8-12-22;1-33-17-15-23(19-33)36-27-25(28(37)34(2)29(36)38)26(31-22-8-4-3-5-9-22)35(32-27)18-20-11-13-21(14-12-20)24-10-6-7-16-30-24;1-20(2)18-34-27-25(28(36)33(4)29(34)37)26(30-23-10-6-5-7-11-23)35(31-27)19-21-13-15-22(16-14-21)24-12-8-9-17-32(24)3;1-33-27(36)24-25(31-21-7-3-2-4-8-21)34(32-26(24)35(28(33)37)22-14-16-29-17-22)18-19-10-12-20(13-11-19)23-9-5-6-15-30-23/h6,9-10,13-18,22,31H,5,7-8,11-12,19-20H2,1-4H3;3-14,16,23,31H,15,17-19H2,1-2H3;5-7,10-11,13-16,20,24,30H,8-9,12,17-19H2,1-4H3;2-13,15,22,29,31H,14,16-18H2,1H3. The van der Waals surface area contributed by atoms with E-state index in [2.05, 4.69) is 137 Å². The lowest BCUT2D eigenvalue weighted by molar-refractivity contribution is 0.187. The molecular formula is C116H129N25O8. The van der Waals surface area contributed by atoms with Crippen molar-refractivity contribution in [1.29, 1.82) is 0 Å². The van der Waals surface area contributed by atoms with E-state index in [9.17, 15) is 38.4 Å². The molecule has 1 aliphatic carbocycles. The molecule has 3 saturated heterocycles. The van der Waals surface area contributed by atoms with Crippen LogP contribution < -0.4 is 71.6 Å². The highest BCUT2D eigenvalue weighted by atomic mass is 16.2. The SMILES string of the molecule is CC(C)Cn1c(=O)n(C)c(=O)c2c(Nc3ccccc3)n(Cc3ccc(C4CCCCN4C)cc3)nc21.CN1CCC(n2c(=O)n(C)c(=O)c3c(Nc4ccccc4)n(Cc4ccc(-c5ccccn5)cc4)nc32)C1.Cn1c(=O)c2c(Nc3ccccc3)n(Cc3ccc(-c4ccccn4)cc3)nc2n(C2CCNC2)c1=O.Cn1c(=O)c2c(Nc3ccccc3)n(Cc3ccc(C4CCCCC4)cc3)nc2n(CC(C)(C)C)c1=O. The summed E-state index contributed by atoms with van der Waals surface area (Å²) in [7, 11) is 10.4. The Labute approximate surface area is 862 Å². The van der Waals surface area contributed by atoms with Gasteiger partial charge in [0.2, 0.25) is 0 Å². The van der Waals surface area contributed by atoms with Crippen LogP contribution in [0.3, 0.4) is 0 Å². The van der Waals surface area contributed by atoms with Gasteiger partial charge in [-0.1, -0.05) is 242 Å². The molecule has 766 valence electrons. The molecule has 22 rings (SSSR count). The van der Waals surface area contributed by atoms with Gasteiger partial charge in [-0.2, -0.15) is 20.4 Å². The fourth-order valence-corrected chi connectivity index (χ4v) is 20.7. The smallest absolute Gasteiger partial charge is 0.332 e. The van der Waals surface area contributed by atoms with E-state index in [-0.39, 0.29) is 68.4 Å². The molecule has 149 heavy (non-hydrogen) atoms. The molecule has 13 heterocycles. The number of para-hydroxylation sites is 4. The highest BCUT2D eigenvalue weighted by Gasteiger charge is 2.34. The summed E-state index contributed by atoms with van der Waals surface area (Å²) in [5.74, 6) is 3.20. The van der Waals surface area contributed by atoms with E-state index < -0.39 is 0 Å². The summed E-state index contributed by atoms with van der Waals surface area (Å²) in [6, 6.07) is 84.7. The van der Waals surface area contributed by atoms with Gasteiger partial charge >= 0.3 is 22.8 Å². The fraction of sp³-hybridized carbons (Fsp3) is 0.328. The maximum atomic E-state index is 13.5. The van der Waals surface area contributed by atoms with E-state index in [1.165, 1.54) is 102 Å². The number of fused-ring (bicyclic) bond motifs is 4. The number of hydrogen-bond acceptors (Lipinski definition) is 21. The first-order valence-electron chi connectivity index (χ1n) is 51.5. The van der Waals surface area contributed by atoms with Gasteiger partial charge in [0.15, 0.2) is 22.6 Å². The van der Waals surface area contributed by atoms with Gasteiger partial charge in [-0.3, -0.25) is 70.6 Å². The molecule has 33 heteroatoms. The zero-order chi connectivity index (χ0) is 104. The Morgan fingerprint density at radius 2 is 0.725 bits per heavy atom. The Morgan fingerprint density at radius 1 is 0.362 bits per heavy atom. The minimum atomic E-state index is -0.364. The molecule has 4 aliphatic rings. The first kappa shape index (κ1) is 101. The van der Waals surface area contributed by atoms with Crippen LogP contribution in [-0.4, -0.2) is 142 Å². The predicted octanol–water partition coefficient (Wildman–Crippen LogP) is 17.2. The first-order valence-corrected chi connectivity index (χ1v) is 51.5. The molecular weight excluding hydrogens is 1870 g/mol. The first-order chi connectivity index (χ1) is 72.1. The molecule has 1 saturated carbocycles. The number of likely N-dealkylation sites (N-methyl/N-ethyl adjacent to an activating group) is 1. The van der Waals surface area contributed by atoms with E-state index in [1.54, 1.807) is 47.1 Å². The summed E-state index contributed by atoms with van der Waals surface area (Å²) >= 11 is 0. The van der Waals surface area contributed by atoms with E-state index in [1.807, 2.05) is 223 Å². The normalized spacial score (nSPS) is 15.6. The van der Waals surface area contributed by atoms with E-state index in [4.69, 9.17) is 20.4 Å². The largest absolute Gasteiger partial charge is 0.340 e. The summed E-state index contributed by atoms with van der Waals surface area (Å²) < 4.78 is 18.6. The van der Waals surface area contributed by atoms with Crippen molar-refractivity contribution in [1.82, 2.24) is 101 Å². The highest BCUT2D eigenvalue weighted by Crippen LogP contribution is 2.38. The van der Waals surface area contributed by atoms with Crippen molar-refractivity contribution in [2.75, 3.05) is 68.1 Å². The van der Waals surface area contributed by atoms with Crippen molar-refractivity contribution in [2.24, 2.45) is 39.5 Å². The van der Waals surface area contributed by atoms with E-state index in [0.29, 0.717) is 125 Å². The predicted molar refractivity (Wildman–Crippen MR) is 591 cm³/mol. The molecule has 33 nitrogen and oxygen atoms in total. The second-order valence-corrected chi connectivity index (χ2v) is 41.2. The van der Waals surface area contributed by atoms with Crippen LogP contribution >= 0.6 is 0 Å². The highest BCUT2D eigenvalue weighted by molar-refractivity contribution is 5.93. The number of anilines is 8. The summed E-state index contributed by atoms with van der Waals surface area (Å²) in [5, 5.41) is 38.1. The number of piperidine rings is 1. The molecule has 0 bridgehead atoms. The van der Waals surface area contributed by atoms with Gasteiger partial charge in [0, 0.05) is 107 Å². The zero-order valence-electron chi connectivity index (χ0n) is 86.3. The Balaban J connectivity index is 0.000000125. The average Bonchev–Trinajstić information content (AvgIpc) is 1.59. The summed E-state index contributed by atoms with van der Waals surface area (Å²) in [4.78, 5) is 120. The monoisotopic (exact) mass is 2000 g/mol. The van der Waals surface area contributed by atoms with Crippen LogP contribution in [0.15, 0.2) is 306 Å². The van der Waals surface area contributed by atoms with Gasteiger partial charge in [-0.05, 0) is 196 Å². The van der Waals surface area contributed by atoms with Crippen molar-refractivity contribution >= 4 is 90.2 Å². The maximum absolute atomic E-state index is 13.5. The van der Waals surface area contributed by atoms with Gasteiger partial charge in [-0.25, -0.2) is 37.9 Å². The third-order valence-electron chi connectivity index (χ3n) is 28.6. The van der Waals surface area contributed by atoms with Crippen LogP contribution in [0.1, 0.15) is 156 Å². The van der Waals surface area contributed by atoms with Crippen LogP contribution in [0.25, 0.3) is 66.6 Å². The number of benzene rings is 8. The fourth-order valence-electron chi connectivity index (χ4n) is 20.7. The van der Waals surface area contributed by atoms with E-state index in [0.717, 1.165) is 107 Å². The number of rotatable bonds is 25. The molecule has 18 aromatic rings. The molecule has 0 radical (unpaired) electrons. The van der Waals surface area contributed by atoms with Gasteiger partial charge < -0.3 is 31.5 Å². The minimum absolute atomic E-state index is 0.0487. The summed E-state index contributed by atoms with van der Waals surface area (Å²) in [5.41, 5.74) is 12.9. The van der Waals surface area contributed by atoms with Crippen LogP contribution in [-0.2, 0) is 67.5 Å². The Morgan fingerprint density at radius 3 is 1.09 bits per heavy atom. The van der Waals surface area contributed by atoms with Gasteiger partial charge in [0.25, 0.3) is 22.2 Å². The van der Waals surface area contributed by atoms with Gasteiger partial charge in [0.1, 0.15) is 44.8 Å². The van der Waals surface area contributed by atoms with Gasteiger partial charge in [0.05, 0.1) is 49.7 Å². The molecule has 3 aliphatic heterocycles. The number of pyridine rings is 2. The molecule has 3 atom stereocenters. The second-order valence-electron chi connectivity index (χ2n) is 41.2. The van der Waals surface area contributed by atoms with Crippen LogP contribution in [0.5, 0.6) is 0 Å². The van der Waals surface area contributed by atoms with Crippen molar-refractivity contribution in [2.45, 2.75) is 162 Å². The number of nitrogens with zero attached hydrogens (tertiary/aromatic N) is 20. The number of nitrogens with one attached hydrogen (secondary N) is 5. The van der Waals surface area contributed by atoms with Crippen LogP contribution in [0.2, 0.25) is 0 Å². The van der Waals surface area contributed by atoms with Crippen LogP contribution in [0.4, 0.5) is 46.0 Å². The van der Waals surface area contributed by atoms with Crippen molar-refractivity contribution in [3.63, 3.8) is 0 Å². The minimum Gasteiger partial charge on any atom is -0.340 e. The molecule has 10 aromatic heterocycles. The lowest BCUT2D eigenvalue weighted by Crippen LogP contribution is -2.40. The molecule has 0 spiro atoms. The van der Waals surface area contributed by atoms with Crippen molar-refractivity contribution in [3.8, 4) is 22.5 Å². The lowest BCUT2D eigenvalue weighted by atomic mass is 9.84. The Hall–Kier alpha value is -16.3. The summed E-state index contributed by atoms with van der Waals surface area (Å²) in [6.45, 7) is 17.3. The van der Waals surface area contributed by atoms with Crippen LogP contribution in [0, 0.1) is 11.3 Å². The lowest BCUT2D eigenvalue weighted by Gasteiger charge is -2.32. The Bertz CT molecular complexity index is 8320. The molecule has 5 N–H and O–H groups in total. The number of hydrogen-bond donors (Lipinski definition) is 5. The summed E-state index contributed by atoms with van der Waals surface area (Å²) in [6.07, 6.45) is 15.4. The second kappa shape index (κ2) is 44.6. The zero-order valence-corrected chi connectivity index (χ0v) is 86.3. The molecule has 3 unspecified atom stereocenters. The van der Waals surface area contributed by atoms with Gasteiger partial charge in [-0.15, -0.1) is 0 Å². The van der Waals surface area contributed by atoms with E-state index >= 15 is 0 Å². The topological polar surface area (TPSA) is 340 Å². The third-order valence-corrected chi connectivity index (χ3v) is 28.6. The molecule has 4 fully saturated rings.